The van der Waals surface area contributed by atoms with Crippen molar-refractivity contribution >= 4 is 22.5 Å². The first-order chi connectivity index (χ1) is 7.63. The summed E-state index contributed by atoms with van der Waals surface area (Å²) in [6.45, 7) is -0.195. The lowest BCUT2D eigenvalue weighted by molar-refractivity contribution is 0.274. The Labute approximate surface area is 94.9 Å². The Kier molecular flexibility index (Phi) is 2.89. The van der Waals surface area contributed by atoms with Gasteiger partial charge in [0.2, 0.25) is 5.28 Å². The minimum atomic E-state index is -0.510. The average Bonchev–Trinajstić information content (AvgIpc) is 2.26. The molecule has 0 saturated carbocycles. The van der Waals surface area contributed by atoms with Gasteiger partial charge in [0.15, 0.2) is 0 Å². The van der Waals surface area contributed by atoms with Crippen molar-refractivity contribution in [2.24, 2.45) is 0 Å². The van der Waals surface area contributed by atoms with E-state index >= 15 is 0 Å². The Morgan fingerprint density at radius 1 is 1.50 bits per heavy atom. The second-order valence-corrected chi connectivity index (χ2v) is 3.56. The number of hydrogen-bond acceptors (Lipinski definition) is 3. The molecule has 0 aliphatic heterocycles. The monoisotopic (exact) mass is 242 g/mol. The van der Waals surface area contributed by atoms with E-state index < -0.39 is 11.4 Å². The van der Waals surface area contributed by atoms with E-state index in [0.717, 1.165) is 10.6 Å². The van der Waals surface area contributed by atoms with Crippen LogP contribution < -0.4 is 5.56 Å². The SMILES string of the molecule is O=c1c2cc(F)ccc2nc(Cl)n1CCO. The fraction of sp³-hybridized carbons (Fsp3) is 0.200. The molecular weight excluding hydrogens is 235 g/mol. The van der Waals surface area contributed by atoms with Crippen LogP contribution >= 0.6 is 11.6 Å². The lowest BCUT2D eigenvalue weighted by atomic mass is 10.2. The number of fused-ring (bicyclic) bond motifs is 1. The smallest absolute Gasteiger partial charge is 0.262 e. The molecule has 6 heteroatoms. The molecule has 2 aromatic rings. The van der Waals surface area contributed by atoms with Crippen LogP contribution in [0.1, 0.15) is 0 Å². The molecule has 4 nitrogen and oxygen atoms in total. The number of aliphatic hydroxyl groups excluding tert-OH is 1. The summed E-state index contributed by atoms with van der Waals surface area (Å²) in [5, 5.41) is 8.91. The van der Waals surface area contributed by atoms with Gasteiger partial charge in [-0.3, -0.25) is 9.36 Å². The summed E-state index contributed by atoms with van der Waals surface area (Å²) in [5.74, 6) is -0.510. The largest absolute Gasteiger partial charge is 0.395 e. The molecule has 0 spiro atoms. The third-order valence-electron chi connectivity index (χ3n) is 2.19. The number of rotatable bonds is 2. The van der Waals surface area contributed by atoms with Crippen LogP contribution in [0.5, 0.6) is 0 Å². The van der Waals surface area contributed by atoms with E-state index in [1.54, 1.807) is 0 Å². The van der Waals surface area contributed by atoms with Crippen LogP contribution in [-0.2, 0) is 6.54 Å². The molecule has 0 unspecified atom stereocenters. The molecular formula is C10H8ClFN2O2. The second-order valence-electron chi connectivity index (χ2n) is 3.22. The van der Waals surface area contributed by atoms with Crippen LogP contribution in [0.3, 0.4) is 0 Å². The van der Waals surface area contributed by atoms with Crippen LogP contribution in [-0.4, -0.2) is 21.3 Å². The molecule has 0 saturated heterocycles. The summed E-state index contributed by atoms with van der Waals surface area (Å²) < 4.78 is 14.1. The van der Waals surface area contributed by atoms with Gasteiger partial charge >= 0.3 is 0 Å². The maximum Gasteiger partial charge on any atom is 0.262 e. The number of aromatic nitrogens is 2. The maximum absolute atomic E-state index is 13.0. The zero-order valence-electron chi connectivity index (χ0n) is 8.15. The zero-order valence-corrected chi connectivity index (χ0v) is 8.91. The first-order valence-corrected chi connectivity index (χ1v) is 4.97. The lowest BCUT2D eigenvalue weighted by Crippen LogP contribution is -2.23. The highest BCUT2D eigenvalue weighted by Crippen LogP contribution is 2.12. The topological polar surface area (TPSA) is 55.1 Å². The van der Waals surface area contributed by atoms with Gasteiger partial charge in [-0.25, -0.2) is 9.37 Å². The van der Waals surface area contributed by atoms with E-state index in [1.165, 1.54) is 12.1 Å². The van der Waals surface area contributed by atoms with E-state index in [4.69, 9.17) is 16.7 Å². The van der Waals surface area contributed by atoms with Gasteiger partial charge in [-0.2, -0.15) is 0 Å². The molecule has 0 aliphatic carbocycles. The molecule has 0 radical (unpaired) electrons. The summed E-state index contributed by atoms with van der Waals surface area (Å²) in [6, 6.07) is 3.71. The zero-order chi connectivity index (χ0) is 11.7. The van der Waals surface area contributed by atoms with Gasteiger partial charge in [0, 0.05) is 0 Å². The molecule has 1 heterocycles. The van der Waals surface area contributed by atoms with Crippen molar-refractivity contribution in [3.05, 3.63) is 39.7 Å². The number of hydrogen-bond donors (Lipinski definition) is 1. The van der Waals surface area contributed by atoms with Crippen LogP contribution in [0.25, 0.3) is 10.9 Å². The molecule has 84 valence electrons. The summed E-state index contributed by atoms with van der Waals surface area (Å²) in [5.41, 5.74) is -0.117. The van der Waals surface area contributed by atoms with Crippen molar-refractivity contribution in [1.82, 2.24) is 9.55 Å². The first-order valence-electron chi connectivity index (χ1n) is 4.60. The average molecular weight is 243 g/mol. The Hall–Kier alpha value is -1.46. The lowest BCUT2D eigenvalue weighted by Gasteiger charge is -2.07. The molecule has 0 bridgehead atoms. The van der Waals surface area contributed by atoms with Crippen molar-refractivity contribution < 1.29 is 9.50 Å². The number of aliphatic hydroxyl groups is 1. The standard InChI is InChI=1S/C10H8ClFN2O2/c11-10-13-8-2-1-6(12)5-7(8)9(16)14(10)3-4-15/h1-2,5,15H,3-4H2. The van der Waals surface area contributed by atoms with E-state index in [-0.39, 0.29) is 23.8 Å². The van der Waals surface area contributed by atoms with Crippen molar-refractivity contribution in [3.8, 4) is 0 Å². The molecule has 16 heavy (non-hydrogen) atoms. The van der Waals surface area contributed by atoms with Crippen molar-refractivity contribution in [2.75, 3.05) is 6.61 Å². The van der Waals surface area contributed by atoms with Gasteiger partial charge in [0.05, 0.1) is 24.1 Å². The Morgan fingerprint density at radius 2 is 2.25 bits per heavy atom. The fourth-order valence-electron chi connectivity index (χ4n) is 1.46. The minimum absolute atomic E-state index is 0.0156. The van der Waals surface area contributed by atoms with Gasteiger partial charge in [-0.15, -0.1) is 0 Å². The van der Waals surface area contributed by atoms with E-state index in [2.05, 4.69) is 4.98 Å². The highest BCUT2D eigenvalue weighted by atomic mass is 35.5. The van der Waals surface area contributed by atoms with Gasteiger partial charge in [-0.05, 0) is 29.8 Å². The molecule has 2 rings (SSSR count). The summed E-state index contributed by atoms with van der Waals surface area (Å²) in [4.78, 5) is 15.8. The van der Waals surface area contributed by atoms with Gasteiger partial charge < -0.3 is 5.11 Å². The maximum atomic E-state index is 13.0. The van der Waals surface area contributed by atoms with Gasteiger partial charge in [-0.1, -0.05) is 0 Å². The number of benzene rings is 1. The molecule has 0 fully saturated rings. The summed E-state index contributed by atoms with van der Waals surface area (Å²) in [6.07, 6.45) is 0. The van der Waals surface area contributed by atoms with Crippen molar-refractivity contribution in [1.29, 1.82) is 0 Å². The summed E-state index contributed by atoms with van der Waals surface area (Å²) >= 11 is 5.77. The first kappa shape index (κ1) is 11.0. The molecule has 0 atom stereocenters. The predicted molar refractivity (Wildman–Crippen MR) is 58.1 cm³/mol. The molecule has 1 aromatic heterocycles. The minimum Gasteiger partial charge on any atom is -0.395 e. The number of halogens is 2. The highest BCUT2D eigenvalue weighted by molar-refractivity contribution is 6.28. The van der Waals surface area contributed by atoms with Crippen LogP contribution in [0.15, 0.2) is 23.0 Å². The Bertz CT molecular complexity index is 597. The normalized spacial score (nSPS) is 10.9. The number of nitrogens with zero attached hydrogens (tertiary/aromatic N) is 2. The van der Waals surface area contributed by atoms with E-state index in [9.17, 15) is 9.18 Å². The van der Waals surface area contributed by atoms with Gasteiger partial charge in [0.25, 0.3) is 5.56 Å². The Morgan fingerprint density at radius 3 is 2.94 bits per heavy atom. The van der Waals surface area contributed by atoms with Crippen LogP contribution in [0.2, 0.25) is 5.28 Å². The quantitative estimate of drug-likeness (QED) is 0.805. The third-order valence-corrected chi connectivity index (χ3v) is 2.48. The molecule has 0 amide bonds. The third kappa shape index (κ3) is 1.79. The molecule has 0 aliphatic rings. The highest BCUT2D eigenvalue weighted by Gasteiger charge is 2.09. The predicted octanol–water partition coefficient (Wildman–Crippen LogP) is 1.18. The Balaban J connectivity index is 2.80. The van der Waals surface area contributed by atoms with Crippen molar-refractivity contribution in [2.45, 2.75) is 6.54 Å². The van der Waals surface area contributed by atoms with Crippen LogP contribution in [0.4, 0.5) is 4.39 Å². The van der Waals surface area contributed by atoms with E-state index in [0.29, 0.717) is 5.52 Å². The second kappa shape index (κ2) is 4.19. The molecule has 1 N–H and O–H groups in total. The summed E-state index contributed by atoms with van der Waals surface area (Å²) in [7, 11) is 0. The van der Waals surface area contributed by atoms with Crippen molar-refractivity contribution in [3.63, 3.8) is 0 Å². The van der Waals surface area contributed by atoms with Crippen LogP contribution in [0, 0.1) is 5.82 Å². The fourth-order valence-corrected chi connectivity index (χ4v) is 1.71. The van der Waals surface area contributed by atoms with Gasteiger partial charge in [0.1, 0.15) is 5.82 Å². The van der Waals surface area contributed by atoms with E-state index in [1.807, 2.05) is 0 Å². The molecule has 1 aromatic carbocycles.